The molecule has 0 saturated carbocycles. The maximum atomic E-state index is 14.6. The van der Waals surface area contributed by atoms with Crippen LogP contribution < -0.4 is 11.0 Å². The minimum absolute atomic E-state index is 0.221. The Morgan fingerprint density at radius 1 is 1.16 bits per heavy atom. The van der Waals surface area contributed by atoms with Crippen molar-refractivity contribution in [3.8, 4) is 0 Å². The molecule has 0 saturated heterocycles. The molecule has 0 radical (unpaired) electrons. The van der Waals surface area contributed by atoms with Crippen LogP contribution in [0, 0.1) is 5.82 Å². The van der Waals surface area contributed by atoms with E-state index in [9.17, 15) is 14.3 Å². The molecule has 132 valence electrons. The molecular weight excluding hydrogens is 321 g/mol. The largest absolute Gasteiger partial charge is 0.389 e. The third-order valence-corrected chi connectivity index (χ3v) is 4.45. The predicted octanol–water partition coefficient (Wildman–Crippen LogP) is 2.13. The molecule has 3 aromatic rings. The Morgan fingerprint density at radius 2 is 1.88 bits per heavy atom. The van der Waals surface area contributed by atoms with E-state index in [1.807, 2.05) is 37.3 Å². The monoisotopic (exact) mass is 343 g/mol. The molecule has 2 unspecified atom stereocenters. The Balaban J connectivity index is 2.33. The fourth-order valence-electron chi connectivity index (χ4n) is 3.37. The minimum atomic E-state index is -0.888. The topological polar surface area (TPSA) is 59.2 Å². The quantitative estimate of drug-likeness (QED) is 0.721. The van der Waals surface area contributed by atoms with Gasteiger partial charge in [0, 0.05) is 13.1 Å². The second kappa shape index (κ2) is 7.21. The number of halogens is 1. The van der Waals surface area contributed by atoms with Crippen LogP contribution in [0.15, 0.2) is 53.3 Å². The number of aryl methyl sites for hydroxylation is 1. The molecule has 25 heavy (non-hydrogen) atoms. The first kappa shape index (κ1) is 17.4. The van der Waals surface area contributed by atoms with Crippen LogP contribution in [-0.2, 0) is 6.54 Å². The van der Waals surface area contributed by atoms with E-state index >= 15 is 0 Å². The van der Waals surface area contributed by atoms with E-state index in [1.54, 1.807) is 19.2 Å². The maximum Gasteiger partial charge on any atom is 0.329 e. The van der Waals surface area contributed by atoms with Gasteiger partial charge in [0.25, 0.3) is 0 Å². The van der Waals surface area contributed by atoms with Gasteiger partial charge in [0.2, 0.25) is 0 Å². The van der Waals surface area contributed by atoms with E-state index in [4.69, 9.17) is 0 Å². The van der Waals surface area contributed by atoms with E-state index < -0.39 is 18.0 Å². The Morgan fingerprint density at radius 3 is 2.52 bits per heavy atom. The molecule has 0 aliphatic carbocycles. The number of fused-ring (bicyclic) bond motifs is 1. The number of hydrogen-bond donors (Lipinski definition) is 2. The molecular formula is C19H22FN3O2. The van der Waals surface area contributed by atoms with Crippen molar-refractivity contribution in [2.45, 2.75) is 25.6 Å². The van der Waals surface area contributed by atoms with Gasteiger partial charge >= 0.3 is 5.69 Å². The first-order chi connectivity index (χ1) is 12.1. The van der Waals surface area contributed by atoms with Gasteiger partial charge in [-0.1, -0.05) is 36.4 Å². The van der Waals surface area contributed by atoms with Crippen molar-refractivity contribution in [2.75, 3.05) is 13.6 Å². The van der Waals surface area contributed by atoms with Crippen LogP contribution in [0.4, 0.5) is 4.39 Å². The Hall–Kier alpha value is -2.44. The molecule has 2 aromatic carbocycles. The Labute approximate surface area is 145 Å². The zero-order valence-electron chi connectivity index (χ0n) is 14.3. The highest BCUT2D eigenvalue weighted by Gasteiger charge is 2.28. The molecule has 5 nitrogen and oxygen atoms in total. The van der Waals surface area contributed by atoms with Crippen LogP contribution in [-0.4, -0.2) is 33.9 Å². The van der Waals surface area contributed by atoms with E-state index in [2.05, 4.69) is 5.32 Å². The summed E-state index contributed by atoms with van der Waals surface area (Å²) in [6.45, 7) is 2.55. The van der Waals surface area contributed by atoms with Crippen molar-refractivity contribution in [3.63, 3.8) is 0 Å². The summed E-state index contributed by atoms with van der Waals surface area (Å²) in [5.74, 6) is -0.473. The number of nitrogens with one attached hydrogen (secondary N) is 1. The lowest BCUT2D eigenvalue weighted by Crippen LogP contribution is -2.38. The van der Waals surface area contributed by atoms with Crippen molar-refractivity contribution >= 4 is 11.0 Å². The molecule has 2 atom stereocenters. The lowest BCUT2D eigenvalue weighted by atomic mass is 10.0. The van der Waals surface area contributed by atoms with Gasteiger partial charge in [0.1, 0.15) is 11.3 Å². The predicted molar refractivity (Wildman–Crippen MR) is 96.3 cm³/mol. The molecule has 0 fully saturated rings. The fraction of sp³-hybridized carbons (Fsp3) is 0.316. The highest BCUT2D eigenvalue weighted by molar-refractivity contribution is 5.77. The molecule has 3 rings (SSSR count). The van der Waals surface area contributed by atoms with E-state index in [0.29, 0.717) is 12.1 Å². The number of aromatic nitrogens is 2. The standard InChI is InChI=1S/C19H22FN3O2/c1-3-22-15-11-7-10-14(20)18(15)23(19(22)25)17(16(24)12-21-2)13-8-5-4-6-9-13/h4-11,16-17,21,24H,3,12H2,1-2H3. The first-order valence-electron chi connectivity index (χ1n) is 8.37. The summed E-state index contributed by atoms with van der Waals surface area (Å²) in [5.41, 5.74) is 1.18. The number of likely N-dealkylation sites (N-methyl/N-ethyl adjacent to an activating group) is 1. The summed E-state index contributed by atoms with van der Waals surface area (Å²) in [7, 11) is 1.73. The molecule has 0 bridgehead atoms. The average Bonchev–Trinajstić information content (AvgIpc) is 2.89. The number of rotatable bonds is 6. The van der Waals surface area contributed by atoms with E-state index in [0.717, 1.165) is 5.56 Å². The normalized spacial score (nSPS) is 13.9. The molecule has 2 N–H and O–H groups in total. The average molecular weight is 343 g/mol. The zero-order valence-corrected chi connectivity index (χ0v) is 14.3. The van der Waals surface area contributed by atoms with Crippen LogP contribution in [0.3, 0.4) is 0 Å². The lowest BCUT2D eigenvalue weighted by molar-refractivity contribution is 0.130. The Kier molecular flexibility index (Phi) is 5.01. The molecule has 1 heterocycles. The number of nitrogens with zero attached hydrogens (tertiary/aromatic N) is 2. The van der Waals surface area contributed by atoms with Gasteiger partial charge < -0.3 is 10.4 Å². The molecule has 6 heteroatoms. The third-order valence-electron chi connectivity index (χ3n) is 4.45. The number of aliphatic hydroxyl groups excluding tert-OH is 1. The smallest absolute Gasteiger partial charge is 0.329 e. The van der Waals surface area contributed by atoms with Gasteiger partial charge in [-0.05, 0) is 31.7 Å². The van der Waals surface area contributed by atoms with Crippen molar-refractivity contribution in [2.24, 2.45) is 0 Å². The van der Waals surface area contributed by atoms with Gasteiger partial charge in [-0.25, -0.2) is 9.18 Å². The first-order valence-corrected chi connectivity index (χ1v) is 8.37. The lowest BCUT2D eigenvalue weighted by Gasteiger charge is -2.25. The van der Waals surface area contributed by atoms with E-state index in [1.165, 1.54) is 15.2 Å². The van der Waals surface area contributed by atoms with Crippen LogP contribution in [0.25, 0.3) is 11.0 Å². The second-order valence-electron chi connectivity index (χ2n) is 5.98. The third kappa shape index (κ3) is 2.99. The number of imidazole rings is 1. The molecule has 0 aliphatic heterocycles. The van der Waals surface area contributed by atoms with Gasteiger partial charge in [0.15, 0.2) is 0 Å². The summed E-state index contributed by atoms with van der Waals surface area (Å²) in [5, 5.41) is 13.6. The zero-order chi connectivity index (χ0) is 18.0. The Bertz CT molecular complexity index is 918. The summed E-state index contributed by atoms with van der Waals surface area (Å²) in [4.78, 5) is 13.0. The van der Waals surface area contributed by atoms with Gasteiger partial charge in [0.05, 0.1) is 17.7 Å². The van der Waals surface area contributed by atoms with Gasteiger partial charge in [-0.3, -0.25) is 9.13 Å². The van der Waals surface area contributed by atoms with Crippen molar-refractivity contribution < 1.29 is 9.50 Å². The summed E-state index contributed by atoms with van der Waals surface area (Å²) in [6.07, 6.45) is -0.888. The number of aliphatic hydroxyl groups is 1. The highest BCUT2D eigenvalue weighted by Crippen LogP contribution is 2.27. The van der Waals surface area contributed by atoms with Crippen LogP contribution >= 0.6 is 0 Å². The highest BCUT2D eigenvalue weighted by atomic mass is 19.1. The minimum Gasteiger partial charge on any atom is -0.389 e. The van der Waals surface area contributed by atoms with Crippen molar-refractivity contribution in [1.82, 2.24) is 14.5 Å². The summed E-state index contributed by atoms with van der Waals surface area (Å²) in [6, 6.07) is 13.2. The van der Waals surface area contributed by atoms with E-state index in [-0.39, 0.29) is 17.8 Å². The summed E-state index contributed by atoms with van der Waals surface area (Å²) < 4.78 is 17.5. The fourth-order valence-corrected chi connectivity index (χ4v) is 3.37. The number of hydrogen-bond acceptors (Lipinski definition) is 3. The van der Waals surface area contributed by atoms with Gasteiger partial charge in [-0.2, -0.15) is 0 Å². The second-order valence-corrected chi connectivity index (χ2v) is 5.98. The molecule has 0 aliphatic rings. The number of para-hydroxylation sites is 1. The van der Waals surface area contributed by atoms with Crippen LogP contribution in [0.2, 0.25) is 0 Å². The van der Waals surface area contributed by atoms with Crippen LogP contribution in [0.5, 0.6) is 0 Å². The SMILES string of the molecule is CCn1c(=O)n(C(c2ccccc2)C(O)CNC)c2c(F)cccc21. The maximum absolute atomic E-state index is 14.6. The van der Waals surface area contributed by atoms with Crippen LogP contribution in [0.1, 0.15) is 18.5 Å². The number of benzene rings is 2. The summed E-state index contributed by atoms with van der Waals surface area (Å²) >= 11 is 0. The van der Waals surface area contributed by atoms with Crippen molar-refractivity contribution in [3.05, 3.63) is 70.4 Å². The molecule has 0 spiro atoms. The molecule has 1 aromatic heterocycles. The molecule has 0 amide bonds. The van der Waals surface area contributed by atoms with Gasteiger partial charge in [-0.15, -0.1) is 0 Å². The van der Waals surface area contributed by atoms with Crippen molar-refractivity contribution in [1.29, 1.82) is 0 Å².